The second kappa shape index (κ2) is 5.15. The van der Waals surface area contributed by atoms with Gasteiger partial charge in [-0.3, -0.25) is 9.58 Å². The Labute approximate surface area is 122 Å². The van der Waals surface area contributed by atoms with Gasteiger partial charge in [-0.25, -0.2) is 0 Å². The van der Waals surface area contributed by atoms with Crippen molar-refractivity contribution in [2.45, 2.75) is 65.2 Å². The van der Waals surface area contributed by atoms with Crippen molar-refractivity contribution in [3.63, 3.8) is 0 Å². The van der Waals surface area contributed by atoms with Gasteiger partial charge in [0, 0.05) is 37.8 Å². The van der Waals surface area contributed by atoms with Crippen LogP contribution in [0.15, 0.2) is 6.07 Å². The molecule has 2 fully saturated rings. The van der Waals surface area contributed by atoms with Gasteiger partial charge >= 0.3 is 0 Å². The maximum absolute atomic E-state index is 4.59. The molecule has 1 saturated carbocycles. The first-order valence-electron chi connectivity index (χ1n) is 8.01. The van der Waals surface area contributed by atoms with E-state index in [1.807, 2.05) is 0 Å². The average Bonchev–Trinajstić information content (AvgIpc) is 3.13. The highest BCUT2D eigenvalue weighted by molar-refractivity contribution is 5.10. The molecule has 0 spiro atoms. The Morgan fingerprint density at radius 3 is 2.80 bits per heavy atom. The van der Waals surface area contributed by atoms with E-state index in [-0.39, 0.29) is 5.54 Å². The molecule has 1 aromatic rings. The molecule has 0 radical (unpaired) electrons. The fourth-order valence-electron chi connectivity index (χ4n) is 3.52. The summed E-state index contributed by atoms with van der Waals surface area (Å²) < 4.78 is 2.16. The lowest BCUT2D eigenvalue weighted by Crippen LogP contribution is -2.61. The van der Waals surface area contributed by atoms with E-state index >= 15 is 0 Å². The van der Waals surface area contributed by atoms with Gasteiger partial charge in [-0.15, -0.1) is 0 Å². The van der Waals surface area contributed by atoms with Crippen molar-refractivity contribution in [1.29, 1.82) is 0 Å². The average molecular weight is 276 g/mol. The van der Waals surface area contributed by atoms with E-state index in [9.17, 15) is 0 Å². The minimum absolute atomic E-state index is 0.220. The fraction of sp³-hybridized carbons (Fsp3) is 0.812. The molecule has 3 rings (SSSR count). The summed E-state index contributed by atoms with van der Waals surface area (Å²) in [7, 11) is 0. The van der Waals surface area contributed by atoms with E-state index in [4.69, 9.17) is 0 Å². The van der Waals surface area contributed by atoms with E-state index < -0.39 is 0 Å². The number of aromatic nitrogens is 2. The van der Waals surface area contributed by atoms with Gasteiger partial charge in [0.2, 0.25) is 0 Å². The van der Waals surface area contributed by atoms with Gasteiger partial charge in [0.1, 0.15) is 0 Å². The molecule has 2 aliphatic rings. The molecule has 0 bridgehead atoms. The smallest absolute Gasteiger partial charge is 0.0597 e. The van der Waals surface area contributed by atoms with Crippen molar-refractivity contribution < 1.29 is 0 Å². The monoisotopic (exact) mass is 276 g/mol. The van der Waals surface area contributed by atoms with Crippen molar-refractivity contribution in [1.82, 2.24) is 20.0 Å². The highest BCUT2D eigenvalue weighted by Gasteiger charge is 2.41. The Morgan fingerprint density at radius 2 is 2.15 bits per heavy atom. The van der Waals surface area contributed by atoms with Crippen molar-refractivity contribution in [3.8, 4) is 0 Å². The first-order chi connectivity index (χ1) is 9.48. The van der Waals surface area contributed by atoms with Gasteiger partial charge in [0.05, 0.1) is 11.4 Å². The zero-order chi connectivity index (χ0) is 14.3. The SMILES string of the molecule is CCn1nc(C)cc1CN1CC(C)(C)NCC1C1CC1. The minimum atomic E-state index is 0.220. The molecule has 1 aromatic heterocycles. The van der Waals surface area contributed by atoms with Crippen LogP contribution in [0.2, 0.25) is 0 Å². The first kappa shape index (κ1) is 14.1. The molecule has 1 N–H and O–H groups in total. The molecule has 1 aliphatic carbocycles. The number of piperazine rings is 1. The van der Waals surface area contributed by atoms with Crippen LogP contribution in [-0.4, -0.2) is 39.4 Å². The molecular weight excluding hydrogens is 248 g/mol. The first-order valence-corrected chi connectivity index (χ1v) is 8.01. The third-order valence-electron chi connectivity index (χ3n) is 4.67. The summed E-state index contributed by atoms with van der Waals surface area (Å²) in [6.45, 7) is 13.2. The lowest BCUT2D eigenvalue weighted by Gasteiger charge is -2.45. The van der Waals surface area contributed by atoms with Crippen molar-refractivity contribution in [2.75, 3.05) is 13.1 Å². The van der Waals surface area contributed by atoms with E-state index in [0.717, 1.165) is 37.8 Å². The van der Waals surface area contributed by atoms with Gasteiger partial charge in [0.25, 0.3) is 0 Å². The Kier molecular flexibility index (Phi) is 3.63. The largest absolute Gasteiger partial charge is 0.309 e. The predicted octanol–water partition coefficient (Wildman–Crippen LogP) is 2.17. The number of nitrogens with zero attached hydrogens (tertiary/aromatic N) is 3. The van der Waals surface area contributed by atoms with Gasteiger partial charge in [-0.05, 0) is 52.5 Å². The molecule has 2 heterocycles. The van der Waals surface area contributed by atoms with Crippen molar-refractivity contribution in [3.05, 3.63) is 17.5 Å². The van der Waals surface area contributed by atoms with Gasteiger partial charge in [-0.2, -0.15) is 5.10 Å². The number of hydrogen-bond acceptors (Lipinski definition) is 3. The number of rotatable bonds is 4. The lowest BCUT2D eigenvalue weighted by molar-refractivity contribution is 0.0735. The molecule has 0 aromatic carbocycles. The molecule has 1 unspecified atom stereocenters. The van der Waals surface area contributed by atoms with Crippen LogP contribution in [0.3, 0.4) is 0 Å². The molecule has 1 atom stereocenters. The molecule has 20 heavy (non-hydrogen) atoms. The Morgan fingerprint density at radius 1 is 1.40 bits per heavy atom. The Hall–Kier alpha value is -0.870. The van der Waals surface area contributed by atoms with Crippen LogP contribution < -0.4 is 5.32 Å². The lowest BCUT2D eigenvalue weighted by atomic mass is 9.96. The number of hydrogen-bond donors (Lipinski definition) is 1. The summed E-state index contributed by atoms with van der Waals surface area (Å²) in [6.07, 6.45) is 2.82. The minimum Gasteiger partial charge on any atom is -0.309 e. The molecule has 4 heteroatoms. The van der Waals surface area contributed by atoms with Gasteiger partial charge < -0.3 is 5.32 Å². The van der Waals surface area contributed by atoms with Crippen LogP contribution in [0.1, 0.15) is 45.0 Å². The van der Waals surface area contributed by atoms with Crippen molar-refractivity contribution in [2.24, 2.45) is 5.92 Å². The molecule has 1 saturated heterocycles. The number of nitrogens with one attached hydrogen (secondary N) is 1. The Bertz CT molecular complexity index is 473. The van der Waals surface area contributed by atoms with Crippen LogP contribution in [0.5, 0.6) is 0 Å². The second-order valence-corrected chi connectivity index (χ2v) is 7.17. The third-order valence-corrected chi connectivity index (χ3v) is 4.67. The van der Waals surface area contributed by atoms with E-state index in [1.54, 1.807) is 0 Å². The third kappa shape index (κ3) is 2.91. The quantitative estimate of drug-likeness (QED) is 0.915. The zero-order valence-corrected chi connectivity index (χ0v) is 13.3. The van der Waals surface area contributed by atoms with Crippen molar-refractivity contribution >= 4 is 0 Å². The topological polar surface area (TPSA) is 33.1 Å². The fourth-order valence-corrected chi connectivity index (χ4v) is 3.52. The van der Waals surface area contributed by atoms with Crippen LogP contribution in [0, 0.1) is 12.8 Å². The standard InChI is InChI=1S/C16H28N4/c1-5-20-14(8-12(2)18-20)10-19-11-16(3,4)17-9-15(19)13-6-7-13/h8,13,15,17H,5-7,9-11H2,1-4H3. The summed E-state index contributed by atoms with van der Waals surface area (Å²) in [5.74, 6) is 0.915. The van der Waals surface area contributed by atoms with Crippen LogP contribution in [0.4, 0.5) is 0 Å². The molecule has 1 aliphatic heterocycles. The van der Waals surface area contributed by atoms with E-state index in [1.165, 1.54) is 18.5 Å². The van der Waals surface area contributed by atoms with Crippen LogP contribution in [-0.2, 0) is 13.1 Å². The second-order valence-electron chi connectivity index (χ2n) is 7.17. The maximum atomic E-state index is 4.59. The van der Waals surface area contributed by atoms with Crippen LogP contribution >= 0.6 is 0 Å². The summed E-state index contributed by atoms with van der Waals surface area (Å²) in [6, 6.07) is 2.96. The van der Waals surface area contributed by atoms with Gasteiger partial charge in [-0.1, -0.05) is 0 Å². The molecule has 4 nitrogen and oxygen atoms in total. The van der Waals surface area contributed by atoms with E-state index in [0.29, 0.717) is 6.04 Å². The molecule has 0 amide bonds. The molecule has 112 valence electrons. The highest BCUT2D eigenvalue weighted by atomic mass is 15.3. The van der Waals surface area contributed by atoms with Crippen LogP contribution in [0.25, 0.3) is 0 Å². The maximum Gasteiger partial charge on any atom is 0.0597 e. The Balaban J connectivity index is 1.77. The number of aryl methyl sites for hydroxylation is 2. The highest BCUT2D eigenvalue weighted by Crippen LogP contribution is 2.37. The summed E-state index contributed by atoms with van der Waals surface area (Å²) >= 11 is 0. The zero-order valence-electron chi connectivity index (χ0n) is 13.3. The summed E-state index contributed by atoms with van der Waals surface area (Å²) in [5.41, 5.74) is 2.73. The predicted molar refractivity (Wildman–Crippen MR) is 81.6 cm³/mol. The molecular formula is C16H28N4. The van der Waals surface area contributed by atoms with E-state index in [2.05, 4.69) is 53.8 Å². The summed E-state index contributed by atoms with van der Waals surface area (Å²) in [4.78, 5) is 2.69. The summed E-state index contributed by atoms with van der Waals surface area (Å²) in [5, 5.41) is 8.31. The van der Waals surface area contributed by atoms with Gasteiger partial charge in [0.15, 0.2) is 0 Å². The normalized spacial score (nSPS) is 26.9.